The molecule has 10 nitrogen and oxygen atoms in total. The standard InChI is InChI=1S/C16H14N2O8/c1-25-13-6-9(11(18(23)24)7-14(13)26-2)15(20)17-10-5-8(16(21)22)3-4-12(10)19/h3-7,19H,1-2H3,(H,17,20)(H,21,22). The van der Waals surface area contributed by atoms with Crippen LogP contribution >= 0.6 is 0 Å². The third-order valence-corrected chi connectivity index (χ3v) is 3.43. The van der Waals surface area contributed by atoms with E-state index >= 15 is 0 Å². The molecule has 0 fully saturated rings. The molecule has 0 radical (unpaired) electrons. The highest BCUT2D eigenvalue weighted by Crippen LogP contribution is 2.35. The van der Waals surface area contributed by atoms with Gasteiger partial charge in [-0.25, -0.2) is 4.79 Å². The van der Waals surface area contributed by atoms with Gasteiger partial charge in [-0.3, -0.25) is 14.9 Å². The van der Waals surface area contributed by atoms with Crippen molar-refractivity contribution in [2.24, 2.45) is 0 Å². The Kier molecular flexibility index (Phi) is 5.26. The minimum absolute atomic E-state index is 0.0615. The van der Waals surface area contributed by atoms with Crippen LogP contribution in [0.2, 0.25) is 0 Å². The van der Waals surface area contributed by atoms with E-state index in [4.69, 9.17) is 14.6 Å². The van der Waals surface area contributed by atoms with Crippen molar-refractivity contribution in [3.63, 3.8) is 0 Å². The van der Waals surface area contributed by atoms with E-state index in [0.29, 0.717) is 0 Å². The fraction of sp³-hybridized carbons (Fsp3) is 0.125. The van der Waals surface area contributed by atoms with Gasteiger partial charge < -0.3 is 25.0 Å². The second-order valence-electron chi connectivity index (χ2n) is 4.97. The number of carboxylic acids is 1. The number of nitro groups is 1. The molecule has 0 aliphatic heterocycles. The zero-order valence-electron chi connectivity index (χ0n) is 13.7. The van der Waals surface area contributed by atoms with Gasteiger partial charge in [0.05, 0.1) is 36.5 Å². The number of aromatic hydroxyl groups is 1. The molecule has 0 saturated heterocycles. The molecule has 0 saturated carbocycles. The monoisotopic (exact) mass is 362 g/mol. The van der Waals surface area contributed by atoms with Crippen LogP contribution in [0.1, 0.15) is 20.7 Å². The fourth-order valence-electron chi connectivity index (χ4n) is 2.16. The Morgan fingerprint density at radius 3 is 2.27 bits per heavy atom. The maximum atomic E-state index is 12.5. The van der Waals surface area contributed by atoms with Crippen LogP contribution in [0.25, 0.3) is 0 Å². The fourth-order valence-corrected chi connectivity index (χ4v) is 2.16. The van der Waals surface area contributed by atoms with Gasteiger partial charge in [0.1, 0.15) is 11.3 Å². The summed E-state index contributed by atoms with van der Waals surface area (Å²) in [7, 11) is 2.59. The van der Waals surface area contributed by atoms with E-state index < -0.39 is 28.2 Å². The Hall–Kier alpha value is -3.82. The molecule has 2 aromatic carbocycles. The maximum Gasteiger partial charge on any atom is 0.335 e. The normalized spacial score (nSPS) is 10.1. The molecule has 0 spiro atoms. The molecule has 0 unspecified atom stereocenters. The zero-order valence-corrected chi connectivity index (χ0v) is 13.7. The number of hydrogen-bond acceptors (Lipinski definition) is 7. The topological polar surface area (TPSA) is 148 Å². The number of carbonyl (C=O) groups is 2. The Morgan fingerprint density at radius 1 is 1.12 bits per heavy atom. The molecule has 1 amide bonds. The first-order valence-corrected chi connectivity index (χ1v) is 7.06. The van der Waals surface area contributed by atoms with Crippen molar-refractivity contribution in [2.75, 3.05) is 19.5 Å². The van der Waals surface area contributed by atoms with Crippen molar-refractivity contribution in [2.45, 2.75) is 0 Å². The number of anilines is 1. The average molecular weight is 362 g/mol. The van der Waals surface area contributed by atoms with Crippen LogP contribution < -0.4 is 14.8 Å². The molecule has 2 aromatic rings. The van der Waals surface area contributed by atoms with Crippen molar-refractivity contribution >= 4 is 23.3 Å². The summed E-state index contributed by atoms with van der Waals surface area (Å²) in [5, 5.41) is 32.3. The number of amides is 1. The van der Waals surface area contributed by atoms with Crippen LogP contribution in [-0.4, -0.2) is 41.2 Å². The summed E-state index contributed by atoms with van der Waals surface area (Å²) < 4.78 is 10.0. The van der Waals surface area contributed by atoms with E-state index in [0.717, 1.165) is 30.3 Å². The molecule has 0 bridgehead atoms. The summed E-state index contributed by atoms with van der Waals surface area (Å²) in [5.74, 6) is -2.45. The molecule has 3 N–H and O–H groups in total. The number of benzene rings is 2. The van der Waals surface area contributed by atoms with Gasteiger partial charge in [-0.2, -0.15) is 0 Å². The minimum Gasteiger partial charge on any atom is -0.506 e. The molecular formula is C16H14N2O8. The number of aromatic carboxylic acids is 1. The number of carbonyl (C=O) groups excluding carboxylic acids is 1. The smallest absolute Gasteiger partial charge is 0.335 e. The van der Waals surface area contributed by atoms with Gasteiger partial charge in [-0.05, 0) is 18.2 Å². The first-order chi connectivity index (χ1) is 12.3. The molecule has 0 heterocycles. The number of ether oxygens (including phenoxy) is 2. The van der Waals surface area contributed by atoms with Gasteiger partial charge in [-0.1, -0.05) is 0 Å². The van der Waals surface area contributed by atoms with E-state index in [1.54, 1.807) is 0 Å². The number of nitro benzene ring substituents is 1. The number of methoxy groups -OCH3 is 2. The van der Waals surface area contributed by atoms with E-state index in [-0.39, 0.29) is 28.3 Å². The van der Waals surface area contributed by atoms with E-state index in [2.05, 4.69) is 5.32 Å². The predicted molar refractivity (Wildman–Crippen MR) is 89.2 cm³/mol. The second kappa shape index (κ2) is 7.38. The van der Waals surface area contributed by atoms with E-state index in [1.165, 1.54) is 14.2 Å². The number of rotatable bonds is 6. The number of hydrogen-bond donors (Lipinski definition) is 3. The lowest BCUT2D eigenvalue weighted by molar-refractivity contribution is -0.385. The summed E-state index contributed by atoms with van der Waals surface area (Å²) in [6.07, 6.45) is 0. The summed E-state index contributed by atoms with van der Waals surface area (Å²) in [5.41, 5.74) is -1.29. The third-order valence-electron chi connectivity index (χ3n) is 3.43. The van der Waals surface area contributed by atoms with E-state index in [1.807, 2.05) is 0 Å². The molecule has 0 aromatic heterocycles. The van der Waals surface area contributed by atoms with Crippen molar-refractivity contribution in [3.8, 4) is 17.2 Å². The van der Waals surface area contributed by atoms with Crippen LogP contribution in [0.5, 0.6) is 17.2 Å². The minimum atomic E-state index is -1.27. The highest BCUT2D eigenvalue weighted by Gasteiger charge is 2.25. The van der Waals surface area contributed by atoms with Gasteiger partial charge in [0.25, 0.3) is 11.6 Å². The predicted octanol–water partition coefficient (Wildman–Crippen LogP) is 2.27. The summed E-state index contributed by atoms with van der Waals surface area (Å²) in [6, 6.07) is 5.40. The Morgan fingerprint density at radius 2 is 1.73 bits per heavy atom. The van der Waals surface area contributed by atoms with Gasteiger partial charge in [0, 0.05) is 6.07 Å². The lowest BCUT2D eigenvalue weighted by atomic mass is 10.1. The average Bonchev–Trinajstić information content (AvgIpc) is 2.61. The van der Waals surface area contributed by atoms with Crippen LogP contribution in [0.15, 0.2) is 30.3 Å². The Balaban J connectivity index is 2.48. The summed E-state index contributed by atoms with van der Waals surface area (Å²) >= 11 is 0. The first-order valence-electron chi connectivity index (χ1n) is 7.06. The lowest BCUT2D eigenvalue weighted by Gasteiger charge is -2.12. The van der Waals surface area contributed by atoms with Gasteiger partial charge in [-0.15, -0.1) is 0 Å². The van der Waals surface area contributed by atoms with Gasteiger partial charge in [0.2, 0.25) is 0 Å². The maximum absolute atomic E-state index is 12.5. The highest BCUT2D eigenvalue weighted by atomic mass is 16.6. The highest BCUT2D eigenvalue weighted by molar-refractivity contribution is 6.08. The van der Waals surface area contributed by atoms with E-state index in [9.17, 15) is 24.8 Å². The number of nitrogens with one attached hydrogen (secondary N) is 1. The molecule has 0 aliphatic carbocycles. The molecule has 26 heavy (non-hydrogen) atoms. The van der Waals surface area contributed by atoms with Crippen molar-refractivity contribution in [3.05, 3.63) is 51.6 Å². The van der Waals surface area contributed by atoms with Crippen LogP contribution in [-0.2, 0) is 0 Å². The molecule has 0 atom stereocenters. The largest absolute Gasteiger partial charge is 0.506 e. The quantitative estimate of drug-likeness (QED) is 0.402. The van der Waals surface area contributed by atoms with Crippen molar-refractivity contribution in [1.82, 2.24) is 0 Å². The lowest BCUT2D eigenvalue weighted by Crippen LogP contribution is -2.15. The molecule has 0 aliphatic rings. The van der Waals surface area contributed by atoms with Crippen molar-refractivity contribution < 1.29 is 34.2 Å². The number of phenolic OH excluding ortho intramolecular Hbond substituents is 1. The number of carboxylic acid groups (broad SMARTS) is 1. The van der Waals surface area contributed by atoms with Crippen molar-refractivity contribution in [1.29, 1.82) is 0 Å². The van der Waals surface area contributed by atoms with Crippen LogP contribution in [0.3, 0.4) is 0 Å². The SMILES string of the molecule is COc1cc(C(=O)Nc2cc(C(=O)O)ccc2O)c([N+](=O)[O-])cc1OC. The third kappa shape index (κ3) is 3.64. The first kappa shape index (κ1) is 18.5. The molecule has 136 valence electrons. The van der Waals surface area contributed by atoms with Gasteiger partial charge >= 0.3 is 5.97 Å². The van der Waals surface area contributed by atoms with Gasteiger partial charge in [0.15, 0.2) is 11.5 Å². The molecular weight excluding hydrogens is 348 g/mol. The van der Waals surface area contributed by atoms with Crippen LogP contribution in [0.4, 0.5) is 11.4 Å². The second-order valence-corrected chi connectivity index (χ2v) is 4.97. The van der Waals surface area contributed by atoms with Crippen LogP contribution in [0, 0.1) is 10.1 Å². The summed E-state index contributed by atoms with van der Waals surface area (Å²) in [6.45, 7) is 0. The Labute approximate surface area is 146 Å². The zero-order chi connectivity index (χ0) is 19.4. The Bertz CT molecular complexity index is 894. The number of phenols is 1. The molecule has 2 rings (SSSR count). The molecule has 10 heteroatoms. The summed E-state index contributed by atoms with van der Waals surface area (Å²) in [4.78, 5) is 34.0. The number of nitrogens with zero attached hydrogens (tertiary/aromatic N) is 1.